The van der Waals surface area contributed by atoms with Crippen molar-refractivity contribution >= 4 is 11.9 Å². The molecule has 0 saturated heterocycles. The Balaban J connectivity index is 2.97. The number of carbonyl (C=O) groups excluding carboxylic acids is 2. The van der Waals surface area contributed by atoms with Gasteiger partial charge in [0.15, 0.2) is 5.69 Å². The average molecular weight is 282 g/mol. The van der Waals surface area contributed by atoms with Gasteiger partial charge >= 0.3 is 5.97 Å². The van der Waals surface area contributed by atoms with Gasteiger partial charge in [-0.15, -0.1) is 5.10 Å². The van der Waals surface area contributed by atoms with Crippen molar-refractivity contribution in [3.63, 3.8) is 0 Å². The summed E-state index contributed by atoms with van der Waals surface area (Å²) in [5, 5.41) is 7.75. The van der Waals surface area contributed by atoms with Crippen LogP contribution >= 0.6 is 0 Å². The van der Waals surface area contributed by atoms with Crippen molar-refractivity contribution in [2.24, 2.45) is 0 Å². The van der Waals surface area contributed by atoms with E-state index in [2.05, 4.69) is 15.0 Å². The van der Waals surface area contributed by atoms with Crippen molar-refractivity contribution in [1.29, 1.82) is 0 Å². The van der Waals surface area contributed by atoms with E-state index in [9.17, 15) is 9.59 Å². The number of nitrogens with zero attached hydrogens (tertiary/aromatic N) is 4. The van der Waals surface area contributed by atoms with Crippen LogP contribution in [0.25, 0.3) is 0 Å². The molecule has 0 aromatic carbocycles. The Labute approximate surface area is 118 Å². The first-order valence-corrected chi connectivity index (χ1v) is 6.87. The number of amides is 1. The van der Waals surface area contributed by atoms with Crippen LogP contribution in [-0.2, 0) is 22.5 Å². The van der Waals surface area contributed by atoms with Crippen LogP contribution in [0.1, 0.15) is 43.4 Å². The van der Waals surface area contributed by atoms with Crippen LogP contribution in [0.5, 0.6) is 0 Å². The second-order valence-corrected chi connectivity index (χ2v) is 4.35. The lowest BCUT2D eigenvalue weighted by molar-refractivity contribution is -0.131. The summed E-state index contributed by atoms with van der Waals surface area (Å²) in [5.41, 5.74) is 0.849. The molecule has 0 saturated carbocycles. The van der Waals surface area contributed by atoms with Crippen LogP contribution in [-0.4, -0.2) is 52.0 Å². The smallest absolute Gasteiger partial charge is 0.360 e. The van der Waals surface area contributed by atoms with Gasteiger partial charge in [-0.05, 0) is 20.3 Å². The van der Waals surface area contributed by atoms with Gasteiger partial charge in [-0.25, -0.2) is 9.48 Å². The summed E-state index contributed by atoms with van der Waals surface area (Å²) in [6.45, 7) is 7.24. The number of methoxy groups -OCH3 is 1. The molecule has 112 valence electrons. The first kappa shape index (κ1) is 16.1. The Morgan fingerprint density at radius 2 is 1.90 bits per heavy atom. The highest BCUT2D eigenvalue weighted by atomic mass is 16.5. The molecule has 0 bridgehead atoms. The highest BCUT2D eigenvalue weighted by Gasteiger charge is 2.21. The van der Waals surface area contributed by atoms with Crippen LogP contribution in [0.3, 0.4) is 0 Å². The second-order valence-electron chi connectivity index (χ2n) is 4.35. The van der Waals surface area contributed by atoms with Crippen molar-refractivity contribution in [2.45, 2.75) is 40.2 Å². The minimum absolute atomic E-state index is 0.0336. The maximum atomic E-state index is 12.1. The Hall–Kier alpha value is -1.92. The van der Waals surface area contributed by atoms with E-state index in [0.717, 1.165) is 6.42 Å². The number of ether oxygens (including phenoxy) is 1. The van der Waals surface area contributed by atoms with Gasteiger partial charge in [0, 0.05) is 13.1 Å². The Morgan fingerprint density at radius 1 is 1.25 bits per heavy atom. The summed E-state index contributed by atoms with van der Waals surface area (Å²) in [4.78, 5) is 25.4. The van der Waals surface area contributed by atoms with E-state index in [1.165, 1.54) is 11.8 Å². The molecule has 0 aliphatic carbocycles. The zero-order valence-corrected chi connectivity index (χ0v) is 12.5. The number of hydrogen-bond acceptors (Lipinski definition) is 5. The van der Waals surface area contributed by atoms with Crippen LogP contribution in [0.4, 0.5) is 0 Å². The molecule has 0 aliphatic rings. The number of hydrogen-bond donors (Lipinski definition) is 0. The van der Waals surface area contributed by atoms with E-state index >= 15 is 0 Å². The molecular formula is C13H22N4O3. The molecule has 0 N–H and O–H groups in total. The normalized spacial score (nSPS) is 10.4. The van der Waals surface area contributed by atoms with E-state index in [4.69, 9.17) is 0 Å². The van der Waals surface area contributed by atoms with Gasteiger partial charge in [0.05, 0.1) is 12.8 Å². The summed E-state index contributed by atoms with van der Waals surface area (Å²) in [6.07, 6.45) is 1.46. The van der Waals surface area contributed by atoms with Crippen molar-refractivity contribution in [3.05, 3.63) is 11.4 Å². The van der Waals surface area contributed by atoms with E-state index in [1.54, 1.807) is 4.90 Å². The molecule has 0 aliphatic heterocycles. The largest absolute Gasteiger partial charge is 0.464 e. The molecule has 7 nitrogen and oxygen atoms in total. The Kier molecular flexibility index (Phi) is 6.14. The topological polar surface area (TPSA) is 77.3 Å². The first-order chi connectivity index (χ1) is 9.58. The van der Waals surface area contributed by atoms with E-state index in [1.807, 2.05) is 20.8 Å². The first-order valence-electron chi connectivity index (χ1n) is 6.87. The summed E-state index contributed by atoms with van der Waals surface area (Å²) in [6, 6.07) is 0. The predicted octanol–water partition coefficient (Wildman–Crippen LogP) is 0.886. The monoisotopic (exact) mass is 282 g/mol. The van der Waals surface area contributed by atoms with Gasteiger partial charge in [0.25, 0.3) is 0 Å². The molecule has 0 spiro atoms. The lowest BCUT2D eigenvalue weighted by Gasteiger charge is -2.18. The third-order valence-corrected chi connectivity index (χ3v) is 3.10. The van der Waals surface area contributed by atoms with Gasteiger partial charge in [0.1, 0.15) is 6.54 Å². The fourth-order valence-electron chi connectivity index (χ4n) is 2.00. The molecular weight excluding hydrogens is 260 g/mol. The lowest BCUT2D eigenvalue weighted by atomic mass is 10.2. The quantitative estimate of drug-likeness (QED) is 0.694. The molecule has 1 aromatic heterocycles. The molecule has 0 unspecified atom stereocenters. The van der Waals surface area contributed by atoms with Gasteiger partial charge in [-0.3, -0.25) is 4.79 Å². The van der Waals surface area contributed by atoms with E-state index in [-0.39, 0.29) is 18.1 Å². The van der Waals surface area contributed by atoms with Crippen LogP contribution < -0.4 is 0 Å². The molecule has 0 radical (unpaired) electrons. The summed E-state index contributed by atoms with van der Waals surface area (Å²) in [7, 11) is 1.30. The van der Waals surface area contributed by atoms with Crippen LogP contribution in [0.15, 0.2) is 0 Å². The van der Waals surface area contributed by atoms with Crippen molar-refractivity contribution in [2.75, 3.05) is 20.2 Å². The maximum absolute atomic E-state index is 12.1. The third kappa shape index (κ3) is 3.55. The fourth-order valence-corrected chi connectivity index (χ4v) is 2.00. The van der Waals surface area contributed by atoms with E-state index < -0.39 is 5.97 Å². The summed E-state index contributed by atoms with van der Waals surface area (Å²) >= 11 is 0. The van der Waals surface area contributed by atoms with Gasteiger partial charge in [-0.2, -0.15) is 0 Å². The third-order valence-electron chi connectivity index (χ3n) is 3.10. The Bertz CT molecular complexity index is 466. The van der Waals surface area contributed by atoms with Gasteiger partial charge < -0.3 is 9.64 Å². The van der Waals surface area contributed by atoms with Crippen molar-refractivity contribution in [1.82, 2.24) is 19.9 Å². The maximum Gasteiger partial charge on any atom is 0.360 e. The molecule has 20 heavy (non-hydrogen) atoms. The molecule has 0 atom stereocenters. The Morgan fingerprint density at radius 3 is 2.40 bits per heavy atom. The second kappa shape index (κ2) is 7.62. The van der Waals surface area contributed by atoms with Crippen LogP contribution in [0, 0.1) is 0 Å². The van der Waals surface area contributed by atoms with Gasteiger partial charge in [0.2, 0.25) is 5.91 Å². The number of rotatable bonds is 7. The van der Waals surface area contributed by atoms with E-state index in [0.29, 0.717) is 25.2 Å². The number of aromatic nitrogens is 3. The fraction of sp³-hybridized carbons (Fsp3) is 0.692. The molecule has 1 aromatic rings. The van der Waals surface area contributed by atoms with Crippen molar-refractivity contribution in [3.8, 4) is 0 Å². The minimum atomic E-state index is -0.519. The standard InChI is InChI=1S/C13H22N4O3/c1-5-8-10-12(13(19)20-4)14-15-17(10)9-11(18)16(6-2)7-3/h5-9H2,1-4H3. The zero-order valence-electron chi connectivity index (χ0n) is 12.5. The number of likely N-dealkylation sites (N-methyl/N-ethyl adjacent to an activating group) is 1. The minimum Gasteiger partial charge on any atom is -0.464 e. The zero-order chi connectivity index (χ0) is 15.1. The number of carbonyl (C=O) groups is 2. The van der Waals surface area contributed by atoms with Crippen LogP contribution in [0.2, 0.25) is 0 Å². The molecule has 1 heterocycles. The number of esters is 1. The highest BCUT2D eigenvalue weighted by Crippen LogP contribution is 2.10. The predicted molar refractivity (Wildman–Crippen MR) is 73.3 cm³/mol. The molecule has 1 amide bonds. The summed E-state index contributed by atoms with van der Waals surface area (Å²) < 4.78 is 6.18. The van der Waals surface area contributed by atoms with Crippen molar-refractivity contribution < 1.29 is 14.3 Å². The molecule has 0 fully saturated rings. The average Bonchev–Trinajstić information content (AvgIpc) is 2.83. The summed E-state index contributed by atoms with van der Waals surface area (Å²) in [5.74, 6) is -0.552. The van der Waals surface area contributed by atoms with Gasteiger partial charge in [-0.1, -0.05) is 18.6 Å². The highest BCUT2D eigenvalue weighted by molar-refractivity contribution is 5.88. The lowest BCUT2D eigenvalue weighted by Crippen LogP contribution is -2.34. The SMILES string of the molecule is CCCc1c(C(=O)OC)nnn1CC(=O)N(CC)CC. The molecule has 1 rings (SSSR count). The molecule has 7 heteroatoms.